The van der Waals surface area contributed by atoms with Crippen LogP contribution >= 0.6 is 23.5 Å². The second-order valence-corrected chi connectivity index (χ2v) is 16.5. The van der Waals surface area contributed by atoms with Gasteiger partial charge < -0.3 is 41.7 Å². The Balaban J connectivity index is 0.00000972. The molecule has 6 atom stereocenters. The Morgan fingerprint density at radius 3 is 1.94 bits per heavy atom. The molecule has 2 heterocycles. The average Bonchev–Trinajstić information content (AvgIpc) is 3.41. The van der Waals surface area contributed by atoms with E-state index in [0.29, 0.717) is 51.2 Å². The van der Waals surface area contributed by atoms with E-state index in [2.05, 4.69) is 16.0 Å². The van der Waals surface area contributed by atoms with Gasteiger partial charge in [0.15, 0.2) is 0 Å². The molecule has 2 saturated heterocycles. The zero-order chi connectivity index (χ0) is 37.9. The van der Waals surface area contributed by atoms with E-state index in [-0.39, 0.29) is 90.7 Å². The van der Waals surface area contributed by atoms with E-state index in [1.54, 1.807) is 0 Å². The quantitative estimate of drug-likeness (QED) is 0.0610. The monoisotopic (exact) mass is 999 g/mol. The summed E-state index contributed by atoms with van der Waals surface area (Å²) in [5, 5.41) is 37.8. The van der Waals surface area contributed by atoms with E-state index in [1.165, 1.54) is 28.4 Å². The van der Waals surface area contributed by atoms with Gasteiger partial charge in [0.05, 0.1) is 23.4 Å². The van der Waals surface area contributed by atoms with E-state index in [0.717, 1.165) is 83.5 Å². The zero-order valence-corrected chi connectivity index (χ0v) is 37.7. The molecule has 1 aliphatic carbocycles. The van der Waals surface area contributed by atoms with Crippen LogP contribution in [-0.4, -0.2) is 130 Å². The van der Waals surface area contributed by atoms with E-state index in [9.17, 15) is 39.3 Å². The third-order valence-electron chi connectivity index (χ3n) is 10.2. The van der Waals surface area contributed by atoms with Gasteiger partial charge in [0.2, 0.25) is 29.5 Å². The minimum atomic E-state index is -1.26. The molecule has 301 valence electrons. The van der Waals surface area contributed by atoms with Crippen LogP contribution in [0.1, 0.15) is 103 Å². The number of carbonyl (C=O) groups excluding carboxylic acids is 5. The molecule has 1 saturated carbocycles. The Morgan fingerprint density at radius 1 is 0.830 bits per heavy atom. The summed E-state index contributed by atoms with van der Waals surface area (Å²) in [5.41, 5.74) is 7.42. The average molecular weight is 1000 g/mol. The summed E-state index contributed by atoms with van der Waals surface area (Å²) in [7, 11) is 0. The molecule has 17 heteroatoms. The first-order valence-electron chi connectivity index (χ1n) is 19.2. The van der Waals surface area contributed by atoms with Crippen LogP contribution in [0.4, 0.5) is 0 Å². The predicted octanol–water partition coefficient (Wildman–Crippen LogP) is 2.52. The van der Waals surface area contributed by atoms with E-state index < -0.39 is 36.4 Å². The summed E-state index contributed by atoms with van der Waals surface area (Å²) in [6.45, 7) is 1.85. The van der Waals surface area contributed by atoms with Crippen LogP contribution in [0.25, 0.3) is 5.73 Å². The van der Waals surface area contributed by atoms with Gasteiger partial charge >= 0.3 is 0 Å². The van der Waals surface area contributed by atoms with Crippen LogP contribution in [-0.2, 0) is 28.7 Å². The maximum atomic E-state index is 12.6. The molecule has 7 N–H and O–H groups in total. The molecule has 3 fully saturated rings. The Kier molecular flexibility index (Phi) is 24.9. The normalized spacial score (nSPS) is 27.3. The van der Waals surface area contributed by atoms with Gasteiger partial charge in [-0.3, -0.25) is 28.9 Å². The van der Waals surface area contributed by atoms with Gasteiger partial charge in [0.25, 0.3) is 0 Å². The summed E-state index contributed by atoms with van der Waals surface area (Å²) < 4.78 is 5.55. The van der Waals surface area contributed by atoms with Crippen molar-refractivity contribution in [2.24, 2.45) is 11.8 Å². The van der Waals surface area contributed by atoms with Gasteiger partial charge in [-0.1, -0.05) is 25.3 Å². The standard InChI is InChI=1S/C36H62N5O9S2.Ac/c1-51-27-21-30(45)41(35(27)49)22-24-13-15-25(16-14-24)34(48)40-19-8-3-6-12-28(43)38-17-7-2-5-11-29(44)39-18-9-4-10-20-52-36-31(37)33(47)32(46)26(23-42)50-36;/h24-27,31-33,36-37,42,46-47H,2-23H2,1H3,(H,38,43)(H,39,44)(H,40,48);/q-1;/t24?,25?,26?,27?,31?,32-,33?,36-;/m0./s1. The molecule has 0 spiro atoms. The van der Waals surface area contributed by atoms with Crippen LogP contribution < -0.4 is 16.0 Å². The fourth-order valence-corrected chi connectivity index (χ4v) is 8.72. The molecular weight excluding hydrogens is 938 g/mol. The van der Waals surface area contributed by atoms with Crippen LogP contribution in [0.3, 0.4) is 0 Å². The minimum Gasteiger partial charge on any atom is -0.670 e. The Bertz CT molecular complexity index is 1130. The van der Waals surface area contributed by atoms with Gasteiger partial charge in [-0.05, 0) is 82.1 Å². The van der Waals surface area contributed by atoms with Crippen molar-refractivity contribution in [3.05, 3.63) is 5.73 Å². The van der Waals surface area contributed by atoms with Crippen molar-refractivity contribution in [3.8, 4) is 0 Å². The number of carbonyl (C=O) groups is 5. The van der Waals surface area contributed by atoms with Gasteiger partial charge in [-0.15, -0.1) is 11.8 Å². The second-order valence-electron chi connectivity index (χ2n) is 14.3. The van der Waals surface area contributed by atoms with Crippen molar-refractivity contribution in [1.82, 2.24) is 20.9 Å². The number of likely N-dealkylation sites (tertiary alicyclic amines) is 1. The molecule has 0 aromatic rings. The van der Waals surface area contributed by atoms with Crippen LogP contribution in [0.15, 0.2) is 0 Å². The first-order chi connectivity index (χ1) is 25.0. The summed E-state index contributed by atoms with van der Waals surface area (Å²) in [5.74, 6) is 0.929. The number of aliphatic hydroxyl groups excluding tert-OH is 3. The number of unbranched alkanes of at least 4 members (excludes halogenated alkanes) is 6. The van der Waals surface area contributed by atoms with Gasteiger partial charge in [0, 0.05) is 95.4 Å². The Labute approximate surface area is 359 Å². The van der Waals surface area contributed by atoms with Gasteiger partial charge in [0.1, 0.15) is 12.2 Å². The smallest absolute Gasteiger partial charge is 0.242 e. The predicted molar refractivity (Wildman–Crippen MR) is 202 cm³/mol. The summed E-state index contributed by atoms with van der Waals surface area (Å²) >= 11 is 2.83. The van der Waals surface area contributed by atoms with E-state index in [4.69, 9.17) is 10.5 Å². The third-order valence-corrected chi connectivity index (χ3v) is 12.4. The number of hydrogen-bond donors (Lipinski definition) is 6. The Hall–Kier alpha value is -0.508. The molecule has 0 aromatic heterocycles. The molecule has 1 radical (unpaired) electrons. The molecule has 53 heavy (non-hydrogen) atoms. The summed E-state index contributed by atoms with van der Waals surface area (Å²) in [4.78, 5) is 62.9. The van der Waals surface area contributed by atoms with Gasteiger partial charge in [-0.2, -0.15) is 11.8 Å². The van der Waals surface area contributed by atoms with Crippen molar-refractivity contribution >= 4 is 53.1 Å². The molecule has 3 rings (SSSR count). The first kappa shape index (κ1) is 48.6. The first-order valence-corrected chi connectivity index (χ1v) is 21.5. The Morgan fingerprint density at radius 2 is 1.40 bits per heavy atom. The summed E-state index contributed by atoms with van der Waals surface area (Å²) in [6, 6.07) is -0.976. The van der Waals surface area contributed by atoms with Crippen molar-refractivity contribution in [3.63, 3.8) is 0 Å². The SMILES string of the molecule is CSC1CC(=O)N(CC2CCC(C(=O)NCCCCCC(=O)NCCCCCC(=O)NCCCCCS[C@@H]3OC(CO)[C@H](O)C(O)C3[NH-])CC2)C1=O.[Ac]. The number of thioether (sulfide) groups is 2. The van der Waals surface area contributed by atoms with Crippen molar-refractivity contribution in [1.29, 1.82) is 0 Å². The second kappa shape index (κ2) is 27.2. The fourth-order valence-electron chi connectivity index (χ4n) is 6.89. The number of nitrogens with one attached hydrogen (secondary N) is 4. The maximum absolute atomic E-state index is 12.6. The van der Waals surface area contributed by atoms with Crippen molar-refractivity contribution in [2.75, 3.05) is 44.8 Å². The number of nitrogens with zero attached hydrogens (tertiary/aromatic N) is 1. The van der Waals surface area contributed by atoms with E-state index in [1.807, 2.05) is 6.26 Å². The molecule has 0 bridgehead atoms. The molecule has 4 unspecified atom stereocenters. The maximum Gasteiger partial charge on any atom is 0.242 e. The number of aliphatic hydroxyl groups is 3. The molecular formula is C36H62AcN5O9S2-. The number of amides is 5. The molecule has 2 aliphatic heterocycles. The molecule has 5 amide bonds. The third kappa shape index (κ3) is 17.3. The number of rotatable bonds is 24. The topological polar surface area (TPSA) is 218 Å². The minimum absolute atomic E-state index is 0. The van der Waals surface area contributed by atoms with Gasteiger partial charge in [-0.25, -0.2) is 0 Å². The molecule has 0 aromatic carbocycles. The number of imide groups is 1. The van der Waals surface area contributed by atoms with Crippen molar-refractivity contribution < 1.29 is 88.1 Å². The fraction of sp³-hybridized carbons (Fsp3) is 0.861. The number of hydrogen-bond acceptors (Lipinski definition) is 11. The molecule has 3 aliphatic rings. The zero-order valence-electron chi connectivity index (χ0n) is 31.3. The largest absolute Gasteiger partial charge is 0.670 e. The summed E-state index contributed by atoms with van der Waals surface area (Å²) in [6.07, 6.45) is 10.4. The van der Waals surface area contributed by atoms with Crippen LogP contribution in [0.5, 0.6) is 0 Å². The van der Waals surface area contributed by atoms with Crippen LogP contribution in [0.2, 0.25) is 0 Å². The molecule has 14 nitrogen and oxygen atoms in total. The van der Waals surface area contributed by atoms with Crippen molar-refractivity contribution in [2.45, 2.75) is 138 Å². The van der Waals surface area contributed by atoms with E-state index >= 15 is 0 Å². The number of ether oxygens (including phenoxy) is 1. The van der Waals surface area contributed by atoms with Crippen LogP contribution in [0, 0.1) is 55.9 Å².